The van der Waals surface area contributed by atoms with Crippen LogP contribution in [0.25, 0.3) is 0 Å². The van der Waals surface area contributed by atoms with Crippen LogP contribution in [0.15, 0.2) is 30.3 Å². The molecule has 1 aromatic rings. The zero-order chi connectivity index (χ0) is 8.81. The van der Waals surface area contributed by atoms with Crippen LogP contribution >= 0.6 is 0 Å². The molecule has 2 nitrogen and oxygen atoms in total. The first-order valence-electron chi connectivity index (χ1n) is 3.90. The smallest absolute Gasteiger partial charge is 0.152 e. The minimum absolute atomic E-state index is 0. The molecule has 0 bridgehead atoms. The third-order valence-corrected chi connectivity index (χ3v) is 2.27. The Balaban J connectivity index is 0.00000144. The van der Waals surface area contributed by atoms with Crippen LogP contribution in [0.2, 0.25) is 0 Å². The standard InChI is InChI=1S/C9H12O2S.Ag/c10-12(11)8-4-7-9-5-2-1-3-6-9;/h1-3,5-6H,4,7-8H2,(H,10,11);. The molecule has 0 spiro atoms. The monoisotopic (exact) mass is 291 g/mol. The summed E-state index contributed by atoms with van der Waals surface area (Å²) in [5.74, 6) is 0.370. The van der Waals surface area contributed by atoms with Crippen molar-refractivity contribution < 1.29 is 31.1 Å². The first kappa shape index (κ1) is 13.1. The quantitative estimate of drug-likeness (QED) is 0.679. The summed E-state index contributed by atoms with van der Waals surface area (Å²) in [5.41, 5.74) is 1.22. The van der Waals surface area contributed by atoms with Crippen LogP contribution in [0, 0.1) is 0 Å². The maximum absolute atomic E-state index is 10.3. The van der Waals surface area contributed by atoms with Gasteiger partial charge in [0.15, 0.2) is 11.1 Å². The molecule has 0 fully saturated rings. The maximum atomic E-state index is 10.3. The van der Waals surface area contributed by atoms with Gasteiger partial charge in [-0.3, -0.25) is 0 Å². The molecule has 0 aromatic heterocycles. The molecule has 0 aliphatic rings. The van der Waals surface area contributed by atoms with E-state index in [2.05, 4.69) is 0 Å². The SMILES string of the molecule is O=S(O)CCCc1ccccc1.[Ag]. The van der Waals surface area contributed by atoms with E-state index >= 15 is 0 Å². The van der Waals surface area contributed by atoms with Gasteiger partial charge in [-0.1, -0.05) is 30.3 Å². The molecule has 1 aromatic carbocycles. The van der Waals surface area contributed by atoms with Gasteiger partial charge in [-0.15, -0.1) is 0 Å². The van der Waals surface area contributed by atoms with Crippen molar-refractivity contribution in [1.82, 2.24) is 0 Å². The molecule has 1 N–H and O–H groups in total. The average molecular weight is 292 g/mol. The van der Waals surface area contributed by atoms with Gasteiger partial charge in [0.05, 0.1) is 0 Å². The van der Waals surface area contributed by atoms with Crippen molar-refractivity contribution in [3.8, 4) is 0 Å². The second-order valence-electron chi connectivity index (χ2n) is 2.61. The molecule has 1 rings (SSSR count). The number of benzene rings is 1. The largest absolute Gasteiger partial charge is 0.306 e. The van der Waals surface area contributed by atoms with Gasteiger partial charge in [-0.05, 0) is 18.4 Å². The summed E-state index contributed by atoms with van der Waals surface area (Å²) in [5, 5.41) is 0. The zero-order valence-electron chi connectivity index (χ0n) is 7.07. The number of aryl methyl sites for hydroxylation is 1. The van der Waals surface area contributed by atoms with Gasteiger partial charge < -0.3 is 4.55 Å². The normalized spacial score (nSPS) is 11.8. The van der Waals surface area contributed by atoms with Crippen molar-refractivity contribution in [3.05, 3.63) is 35.9 Å². The van der Waals surface area contributed by atoms with E-state index in [-0.39, 0.29) is 22.4 Å². The molecule has 1 radical (unpaired) electrons. The van der Waals surface area contributed by atoms with Crippen LogP contribution in [0.3, 0.4) is 0 Å². The van der Waals surface area contributed by atoms with Gasteiger partial charge in [-0.25, -0.2) is 4.21 Å². The maximum Gasteiger partial charge on any atom is 0.152 e. The second kappa shape index (κ2) is 7.47. The van der Waals surface area contributed by atoms with Crippen LogP contribution in [0.1, 0.15) is 12.0 Å². The van der Waals surface area contributed by atoms with Crippen molar-refractivity contribution in [3.63, 3.8) is 0 Å². The van der Waals surface area contributed by atoms with Crippen molar-refractivity contribution in [1.29, 1.82) is 0 Å². The topological polar surface area (TPSA) is 37.3 Å². The molecule has 0 heterocycles. The Bertz CT molecular complexity index is 251. The van der Waals surface area contributed by atoms with E-state index in [1.165, 1.54) is 5.56 Å². The van der Waals surface area contributed by atoms with E-state index in [4.69, 9.17) is 4.55 Å². The summed E-state index contributed by atoms with van der Waals surface area (Å²) in [6, 6.07) is 9.98. The fraction of sp³-hybridized carbons (Fsp3) is 0.333. The minimum Gasteiger partial charge on any atom is -0.306 e. The summed E-state index contributed by atoms with van der Waals surface area (Å²) in [6.45, 7) is 0. The summed E-state index contributed by atoms with van der Waals surface area (Å²) < 4.78 is 18.8. The van der Waals surface area contributed by atoms with Crippen LogP contribution in [0.5, 0.6) is 0 Å². The molecule has 0 saturated heterocycles. The minimum atomic E-state index is -1.64. The molecule has 77 valence electrons. The van der Waals surface area contributed by atoms with E-state index in [1.54, 1.807) is 0 Å². The predicted molar refractivity (Wildman–Crippen MR) is 50.4 cm³/mol. The molecular formula is C9H12AgO2S. The Labute approximate surface area is 96.5 Å². The Kier molecular flexibility index (Phi) is 7.51. The van der Waals surface area contributed by atoms with Gasteiger partial charge in [0.2, 0.25) is 0 Å². The Morgan fingerprint density at radius 2 is 1.85 bits per heavy atom. The van der Waals surface area contributed by atoms with E-state index in [0.717, 1.165) is 12.8 Å². The molecule has 13 heavy (non-hydrogen) atoms. The van der Waals surface area contributed by atoms with Gasteiger partial charge in [0.1, 0.15) is 0 Å². The predicted octanol–water partition coefficient (Wildman–Crippen LogP) is 1.84. The van der Waals surface area contributed by atoms with Crippen LogP contribution in [-0.4, -0.2) is 14.5 Å². The number of hydrogen-bond acceptors (Lipinski definition) is 1. The molecule has 4 heteroatoms. The van der Waals surface area contributed by atoms with E-state index in [9.17, 15) is 4.21 Å². The van der Waals surface area contributed by atoms with Gasteiger partial charge in [-0.2, -0.15) is 0 Å². The molecule has 0 aliphatic heterocycles. The third-order valence-electron chi connectivity index (χ3n) is 1.63. The number of hydrogen-bond donors (Lipinski definition) is 1. The molecular weight excluding hydrogens is 280 g/mol. The average Bonchev–Trinajstić information content (AvgIpc) is 2.05. The Morgan fingerprint density at radius 3 is 2.38 bits per heavy atom. The van der Waals surface area contributed by atoms with Gasteiger partial charge in [0.25, 0.3) is 0 Å². The first-order valence-corrected chi connectivity index (χ1v) is 5.18. The Hall–Kier alpha value is 0.0703. The van der Waals surface area contributed by atoms with E-state index in [0.29, 0.717) is 5.75 Å². The molecule has 0 amide bonds. The summed E-state index contributed by atoms with van der Waals surface area (Å²) >= 11 is -1.64. The molecule has 1 atom stereocenters. The third kappa shape index (κ3) is 6.18. The van der Waals surface area contributed by atoms with Gasteiger partial charge in [0, 0.05) is 28.1 Å². The summed E-state index contributed by atoms with van der Waals surface area (Å²) in [4.78, 5) is 0. The van der Waals surface area contributed by atoms with Crippen LogP contribution < -0.4 is 0 Å². The molecule has 0 aliphatic carbocycles. The van der Waals surface area contributed by atoms with Crippen molar-refractivity contribution >= 4 is 11.1 Å². The Morgan fingerprint density at radius 1 is 1.23 bits per heavy atom. The van der Waals surface area contributed by atoms with Gasteiger partial charge >= 0.3 is 0 Å². The fourth-order valence-corrected chi connectivity index (χ4v) is 1.44. The number of rotatable bonds is 4. The van der Waals surface area contributed by atoms with Crippen LogP contribution in [0.4, 0.5) is 0 Å². The van der Waals surface area contributed by atoms with Crippen molar-refractivity contribution in [2.24, 2.45) is 0 Å². The second-order valence-corrected chi connectivity index (χ2v) is 3.67. The summed E-state index contributed by atoms with van der Waals surface area (Å²) in [6.07, 6.45) is 1.65. The molecule has 1 unspecified atom stereocenters. The van der Waals surface area contributed by atoms with Crippen molar-refractivity contribution in [2.45, 2.75) is 12.8 Å². The van der Waals surface area contributed by atoms with Crippen molar-refractivity contribution in [2.75, 3.05) is 5.75 Å². The van der Waals surface area contributed by atoms with E-state index in [1.807, 2.05) is 30.3 Å². The summed E-state index contributed by atoms with van der Waals surface area (Å²) in [7, 11) is 0. The molecule has 0 saturated carbocycles. The first-order chi connectivity index (χ1) is 5.79. The fourth-order valence-electron chi connectivity index (χ4n) is 1.04. The zero-order valence-corrected chi connectivity index (χ0v) is 9.37. The van der Waals surface area contributed by atoms with Crippen LogP contribution in [-0.2, 0) is 39.9 Å². The van der Waals surface area contributed by atoms with E-state index < -0.39 is 11.1 Å².